The topological polar surface area (TPSA) is 189 Å². The molecule has 0 saturated carbocycles. The van der Waals surface area contributed by atoms with Crippen molar-refractivity contribution in [2.45, 2.75) is 24.9 Å². The minimum Gasteiger partial charge on any atom is -0.480 e. The van der Waals surface area contributed by atoms with Crippen LogP contribution in [0.2, 0.25) is 0 Å². The SMILES string of the molecule is O=C(CO)NC(Cc1c[nH]c2ccccc12)C(=O)O.O=C(CO)NC(Cc1ccccc1)C(=O)O. The Labute approximate surface area is 200 Å². The molecule has 186 valence electrons. The summed E-state index contributed by atoms with van der Waals surface area (Å²) in [5, 5.41) is 40.6. The second-order valence-electron chi connectivity index (χ2n) is 7.49. The first-order chi connectivity index (χ1) is 16.7. The van der Waals surface area contributed by atoms with Gasteiger partial charge in [-0.3, -0.25) is 9.59 Å². The van der Waals surface area contributed by atoms with Gasteiger partial charge in [0.15, 0.2) is 0 Å². The van der Waals surface area contributed by atoms with Crippen LogP contribution in [0.4, 0.5) is 0 Å². The number of carbonyl (C=O) groups excluding carboxylic acids is 2. The number of carboxylic acids is 2. The molecule has 3 aromatic rings. The van der Waals surface area contributed by atoms with Crippen molar-refractivity contribution in [1.82, 2.24) is 15.6 Å². The number of rotatable bonds is 10. The number of amides is 2. The van der Waals surface area contributed by atoms with E-state index in [0.29, 0.717) is 0 Å². The first-order valence-corrected chi connectivity index (χ1v) is 10.6. The van der Waals surface area contributed by atoms with Crippen LogP contribution < -0.4 is 10.6 Å². The average Bonchev–Trinajstić information content (AvgIpc) is 3.26. The number of nitrogens with one attached hydrogen (secondary N) is 3. The third-order valence-corrected chi connectivity index (χ3v) is 4.94. The molecule has 2 unspecified atom stereocenters. The molecule has 0 bridgehead atoms. The molecule has 2 amide bonds. The summed E-state index contributed by atoms with van der Waals surface area (Å²) in [5.41, 5.74) is 2.53. The van der Waals surface area contributed by atoms with E-state index in [1.165, 1.54) is 0 Å². The first-order valence-electron chi connectivity index (χ1n) is 10.6. The van der Waals surface area contributed by atoms with Gasteiger partial charge in [-0.05, 0) is 17.2 Å². The molecule has 2 aromatic carbocycles. The standard InChI is InChI=1S/C13H14N2O4.C11H13NO4/c16-7-12(17)15-11(13(18)19)5-8-6-14-10-4-2-1-3-9(8)10;13-7-10(14)12-9(11(15)16)6-8-4-2-1-3-5-8/h1-4,6,11,14,16H,5,7H2,(H,15,17)(H,18,19);1-5,9,13H,6-7H2,(H,12,14)(H,15,16). The number of fused-ring (bicyclic) bond motifs is 1. The summed E-state index contributed by atoms with van der Waals surface area (Å²) < 4.78 is 0. The van der Waals surface area contributed by atoms with E-state index in [9.17, 15) is 19.2 Å². The maximum atomic E-state index is 11.1. The van der Waals surface area contributed by atoms with Gasteiger partial charge in [-0.15, -0.1) is 0 Å². The van der Waals surface area contributed by atoms with Gasteiger partial charge in [-0.1, -0.05) is 48.5 Å². The van der Waals surface area contributed by atoms with Crippen LogP contribution in [-0.2, 0) is 32.0 Å². The minimum atomic E-state index is -1.13. The summed E-state index contributed by atoms with van der Waals surface area (Å²) in [6.07, 6.45) is 2.08. The van der Waals surface area contributed by atoms with E-state index < -0.39 is 49.1 Å². The summed E-state index contributed by atoms with van der Waals surface area (Å²) in [7, 11) is 0. The third kappa shape index (κ3) is 8.57. The molecular weight excluding hydrogens is 458 g/mol. The lowest BCUT2D eigenvalue weighted by Gasteiger charge is -2.13. The van der Waals surface area contributed by atoms with E-state index in [4.69, 9.17) is 20.4 Å². The highest BCUT2D eigenvalue weighted by Crippen LogP contribution is 2.19. The molecule has 0 aliphatic carbocycles. The van der Waals surface area contributed by atoms with Crippen LogP contribution in [0.5, 0.6) is 0 Å². The Bertz CT molecular complexity index is 1150. The van der Waals surface area contributed by atoms with Gasteiger partial charge in [0.2, 0.25) is 11.8 Å². The largest absolute Gasteiger partial charge is 0.480 e. The number of benzene rings is 2. The maximum absolute atomic E-state index is 11.1. The van der Waals surface area contributed by atoms with Crippen LogP contribution in [0, 0.1) is 0 Å². The molecule has 7 N–H and O–H groups in total. The quantitative estimate of drug-likeness (QED) is 0.210. The van der Waals surface area contributed by atoms with E-state index in [1.807, 2.05) is 30.3 Å². The Kier molecular flexibility index (Phi) is 10.4. The second-order valence-corrected chi connectivity index (χ2v) is 7.49. The number of carboxylic acid groups (broad SMARTS) is 2. The summed E-state index contributed by atoms with van der Waals surface area (Å²) in [4.78, 5) is 47.0. The molecule has 2 atom stereocenters. The zero-order valence-electron chi connectivity index (χ0n) is 18.7. The normalized spacial score (nSPS) is 12.1. The van der Waals surface area contributed by atoms with Crippen LogP contribution in [0.15, 0.2) is 60.8 Å². The maximum Gasteiger partial charge on any atom is 0.326 e. The van der Waals surface area contributed by atoms with Gasteiger partial charge in [0, 0.05) is 29.9 Å². The highest BCUT2D eigenvalue weighted by Gasteiger charge is 2.21. The molecule has 11 nitrogen and oxygen atoms in total. The predicted molar refractivity (Wildman–Crippen MR) is 125 cm³/mol. The fourth-order valence-corrected chi connectivity index (χ4v) is 3.25. The van der Waals surface area contributed by atoms with Crippen LogP contribution in [0.1, 0.15) is 11.1 Å². The lowest BCUT2D eigenvalue weighted by molar-refractivity contribution is -0.142. The van der Waals surface area contributed by atoms with Crippen molar-refractivity contribution in [2.75, 3.05) is 13.2 Å². The highest BCUT2D eigenvalue weighted by molar-refractivity contribution is 5.87. The van der Waals surface area contributed by atoms with Gasteiger partial charge in [-0.25, -0.2) is 9.59 Å². The number of aliphatic hydroxyl groups excluding tert-OH is 2. The van der Waals surface area contributed by atoms with Gasteiger partial charge in [0.25, 0.3) is 0 Å². The Morgan fingerprint density at radius 3 is 1.80 bits per heavy atom. The number of hydrogen-bond donors (Lipinski definition) is 7. The molecule has 1 aromatic heterocycles. The third-order valence-electron chi connectivity index (χ3n) is 4.94. The first kappa shape index (κ1) is 27.0. The molecular formula is C24H27N3O8. The van der Waals surface area contributed by atoms with Crippen molar-refractivity contribution in [1.29, 1.82) is 0 Å². The average molecular weight is 485 g/mol. The smallest absolute Gasteiger partial charge is 0.326 e. The van der Waals surface area contributed by atoms with Crippen molar-refractivity contribution in [3.05, 3.63) is 71.9 Å². The van der Waals surface area contributed by atoms with Gasteiger partial charge in [0.1, 0.15) is 25.3 Å². The van der Waals surface area contributed by atoms with Crippen LogP contribution in [0.25, 0.3) is 10.9 Å². The molecule has 0 saturated heterocycles. The van der Waals surface area contributed by atoms with Crippen molar-refractivity contribution in [3.63, 3.8) is 0 Å². The molecule has 0 aliphatic rings. The molecule has 11 heteroatoms. The van der Waals surface area contributed by atoms with E-state index in [2.05, 4.69) is 15.6 Å². The number of para-hydroxylation sites is 1. The van der Waals surface area contributed by atoms with Gasteiger partial charge in [0.05, 0.1) is 0 Å². The zero-order chi connectivity index (χ0) is 25.8. The monoisotopic (exact) mass is 485 g/mol. The number of H-pyrrole nitrogens is 1. The number of aliphatic carboxylic acids is 2. The second kappa shape index (κ2) is 13.5. The Morgan fingerprint density at radius 1 is 0.743 bits per heavy atom. The van der Waals surface area contributed by atoms with Crippen LogP contribution in [-0.4, -0.2) is 74.5 Å². The summed E-state index contributed by atoms with van der Waals surface area (Å²) >= 11 is 0. The predicted octanol–water partition coefficient (Wildman–Crippen LogP) is 0.0629. The number of aromatic nitrogens is 1. The molecule has 0 fully saturated rings. The lowest BCUT2D eigenvalue weighted by Crippen LogP contribution is -2.43. The lowest BCUT2D eigenvalue weighted by atomic mass is 10.1. The fraction of sp³-hybridized carbons (Fsp3) is 0.250. The zero-order valence-corrected chi connectivity index (χ0v) is 18.7. The van der Waals surface area contributed by atoms with E-state index >= 15 is 0 Å². The molecule has 0 aliphatic heterocycles. The number of hydrogen-bond acceptors (Lipinski definition) is 6. The van der Waals surface area contributed by atoms with E-state index in [1.54, 1.807) is 30.5 Å². The number of carbonyl (C=O) groups is 4. The Hall–Kier alpha value is -4.22. The molecule has 0 radical (unpaired) electrons. The Balaban J connectivity index is 0.000000251. The van der Waals surface area contributed by atoms with Crippen molar-refractivity contribution in [2.24, 2.45) is 0 Å². The molecule has 35 heavy (non-hydrogen) atoms. The summed E-state index contributed by atoms with van der Waals surface area (Å²) in [6, 6.07) is 14.4. The highest BCUT2D eigenvalue weighted by atomic mass is 16.4. The molecule has 0 spiro atoms. The Morgan fingerprint density at radius 2 is 1.26 bits per heavy atom. The van der Waals surface area contributed by atoms with Crippen molar-refractivity contribution < 1.29 is 39.6 Å². The number of aromatic amines is 1. The fourth-order valence-electron chi connectivity index (χ4n) is 3.25. The van der Waals surface area contributed by atoms with E-state index in [0.717, 1.165) is 22.0 Å². The van der Waals surface area contributed by atoms with Crippen molar-refractivity contribution >= 4 is 34.7 Å². The van der Waals surface area contributed by atoms with Crippen molar-refractivity contribution in [3.8, 4) is 0 Å². The van der Waals surface area contributed by atoms with Gasteiger partial charge < -0.3 is 36.0 Å². The van der Waals surface area contributed by atoms with E-state index in [-0.39, 0.29) is 12.8 Å². The van der Waals surface area contributed by atoms with Gasteiger partial charge in [-0.2, -0.15) is 0 Å². The molecule has 3 rings (SSSR count). The molecule has 1 heterocycles. The minimum absolute atomic E-state index is 0.158. The number of aliphatic hydroxyl groups is 2. The van der Waals surface area contributed by atoms with Crippen LogP contribution in [0.3, 0.4) is 0 Å². The summed E-state index contributed by atoms with van der Waals surface area (Å²) in [5.74, 6) is -3.65. The van der Waals surface area contributed by atoms with Gasteiger partial charge >= 0.3 is 11.9 Å². The van der Waals surface area contributed by atoms with Crippen LogP contribution >= 0.6 is 0 Å². The summed E-state index contributed by atoms with van der Waals surface area (Å²) in [6.45, 7) is -1.43.